The molecule has 0 radical (unpaired) electrons. The summed E-state index contributed by atoms with van der Waals surface area (Å²) in [5.74, 6) is 0.0287. The highest BCUT2D eigenvalue weighted by atomic mass is 19.1. The summed E-state index contributed by atoms with van der Waals surface area (Å²) in [5.41, 5.74) is 2.45. The van der Waals surface area contributed by atoms with Gasteiger partial charge >= 0.3 is 0 Å². The zero-order valence-corrected chi connectivity index (χ0v) is 11.8. The first-order valence-corrected chi connectivity index (χ1v) is 6.37. The van der Waals surface area contributed by atoms with Crippen LogP contribution in [0.15, 0.2) is 42.5 Å². The molecule has 0 aliphatic carbocycles. The molecule has 0 aromatic heterocycles. The Morgan fingerprint density at radius 1 is 0.947 bits per heavy atom. The van der Waals surface area contributed by atoms with Crippen LogP contribution in [0.4, 0.5) is 4.39 Å². The maximum absolute atomic E-state index is 14.3. The molecule has 1 nitrogen and oxygen atoms in total. The summed E-state index contributed by atoms with van der Waals surface area (Å²) in [6.07, 6.45) is 0. The van der Waals surface area contributed by atoms with E-state index < -0.39 is 0 Å². The Morgan fingerprint density at radius 3 is 2.11 bits per heavy atom. The van der Waals surface area contributed by atoms with E-state index in [1.807, 2.05) is 57.2 Å². The van der Waals surface area contributed by atoms with Gasteiger partial charge in [-0.2, -0.15) is 0 Å². The Morgan fingerprint density at radius 2 is 1.58 bits per heavy atom. The van der Waals surface area contributed by atoms with Crippen molar-refractivity contribution in [1.82, 2.24) is 0 Å². The third kappa shape index (κ3) is 2.78. The minimum absolute atomic E-state index is 0.262. The van der Waals surface area contributed by atoms with E-state index in [9.17, 15) is 4.39 Å². The third-order valence-corrected chi connectivity index (χ3v) is 3.17. The topological polar surface area (TPSA) is 9.23 Å². The fraction of sp³-hybridized carbons (Fsp3) is 0.294. The van der Waals surface area contributed by atoms with Gasteiger partial charge in [0, 0.05) is 0 Å². The summed E-state index contributed by atoms with van der Waals surface area (Å²) in [4.78, 5) is 0. The number of hydrogen-bond acceptors (Lipinski definition) is 1. The van der Waals surface area contributed by atoms with E-state index in [4.69, 9.17) is 4.74 Å². The Hall–Kier alpha value is -1.83. The first-order valence-electron chi connectivity index (χ1n) is 6.37. The van der Waals surface area contributed by atoms with Crippen LogP contribution in [0, 0.1) is 5.82 Å². The monoisotopic (exact) mass is 258 g/mol. The molecule has 2 rings (SSSR count). The Labute approximate surface area is 114 Å². The summed E-state index contributed by atoms with van der Waals surface area (Å²) in [7, 11) is 1.50. The second kappa shape index (κ2) is 5.04. The molecule has 2 aromatic carbocycles. The van der Waals surface area contributed by atoms with Gasteiger partial charge in [0.05, 0.1) is 7.11 Å². The average Bonchev–Trinajstić information content (AvgIpc) is 2.38. The van der Waals surface area contributed by atoms with Gasteiger partial charge < -0.3 is 4.74 Å². The molecule has 0 unspecified atom stereocenters. The summed E-state index contributed by atoms with van der Waals surface area (Å²) in [6.45, 7) is 6.00. The van der Waals surface area contributed by atoms with E-state index in [0.29, 0.717) is 11.3 Å². The Balaban J connectivity index is 2.65. The normalized spacial score (nSPS) is 11.4. The third-order valence-electron chi connectivity index (χ3n) is 3.17. The maximum Gasteiger partial charge on any atom is 0.168 e. The van der Waals surface area contributed by atoms with Gasteiger partial charge in [-0.25, -0.2) is 4.39 Å². The van der Waals surface area contributed by atoms with Gasteiger partial charge in [-0.05, 0) is 34.2 Å². The minimum Gasteiger partial charge on any atom is -0.494 e. The highest BCUT2D eigenvalue weighted by Crippen LogP contribution is 2.35. The van der Waals surface area contributed by atoms with E-state index in [1.54, 1.807) is 6.07 Å². The molecule has 0 fully saturated rings. The molecule has 0 saturated heterocycles. The SMILES string of the molecule is COc1cc(-c2ccccc2)cc(C(C)(C)C)c1F. The lowest BCUT2D eigenvalue weighted by Crippen LogP contribution is -2.14. The van der Waals surface area contributed by atoms with E-state index in [0.717, 1.165) is 11.1 Å². The average molecular weight is 258 g/mol. The van der Waals surface area contributed by atoms with Crippen molar-refractivity contribution >= 4 is 0 Å². The lowest BCUT2D eigenvalue weighted by Gasteiger charge is -2.22. The molecule has 0 N–H and O–H groups in total. The number of benzene rings is 2. The van der Waals surface area contributed by atoms with Crippen molar-refractivity contribution in [3.8, 4) is 16.9 Å². The molecule has 0 amide bonds. The Bertz CT molecular complexity index is 568. The minimum atomic E-state index is -0.269. The zero-order valence-electron chi connectivity index (χ0n) is 11.8. The summed E-state index contributed by atoms with van der Waals surface area (Å²) < 4.78 is 19.5. The predicted octanol–water partition coefficient (Wildman–Crippen LogP) is 4.80. The molecule has 0 atom stereocenters. The van der Waals surface area contributed by atoms with Crippen LogP contribution < -0.4 is 4.74 Å². The van der Waals surface area contributed by atoms with Gasteiger partial charge in [0.25, 0.3) is 0 Å². The van der Waals surface area contributed by atoms with Crippen LogP contribution in [0.1, 0.15) is 26.3 Å². The van der Waals surface area contributed by atoms with Gasteiger partial charge in [0.1, 0.15) is 0 Å². The molecule has 0 aliphatic heterocycles. The number of halogens is 1. The van der Waals surface area contributed by atoms with Crippen molar-refractivity contribution in [2.75, 3.05) is 7.11 Å². The Kier molecular flexibility index (Phi) is 3.61. The first-order chi connectivity index (χ1) is 8.93. The van der Waals surface area contributed by atoms with Crippen molar-refractivity contribution in [1.29, 1.82) is 0 Å². The fourth-order valence-corrected chi connectivity index (χ4v) is 2.09. The largest absolute Gasteiger partial charge is 0.494 e. The van der Waals surface area contributed by atoms with Gasteiger partial charge in [-0.3, -0.25) is 0 Å². The van der Waals surface area contributed by atoms with Gasteiger partial charge in [-0.1, -0.05) is 51.1 Å². The lowest BCUT2D eigenvalue weighted by molar-refractivity contribution is 0.378. The van der Waals surface area contributed by atoms with Crippen LogP contribution >= 0.6 is 0 Å². The summed E-state index contributed by atoms with van der Waals surface area (Å²) >= 11 is 0. The van der Waals surface area contributed by atoms with Crippen molar-refractivity contribution in [2.24, 2.45) is 0 Å². The number of ether oxygens (including phenoxy) is 1. The van der Waals surface area contributed by atoms with Crippen LogP contribution in [0.25, 0.3) is 11.1 Å². The van der Waals surface area contributed by atoms with Crippen LogP contribution in [0.5, 0.6) is 5.75 Å². The van der Waals surface area contributed by atoms with Crippen LogP contribution in [-0.2, 0) is 5.41 Å². The van der Waals surface area contributed by atoms with Crippen LogP contribution in [0.2, 0.25) is 0 Å². The van der Waals surface area contributed by atoms with E-state index in [1.165, 1.54) is 7.11 Å². The fourth-order valence-electron chi connectivity index (χ4n) is 2.09. The first kappa shape index (κ1) is 13.6. The molecular formula is C17H19FO. The molecule has 0 saturated carbocycles. The van der Waals surface area contributed by atoms with E-state index in [-0.39, 0.29) is 11.2 Å². The lowest BCUT2D eigenvalue weighted by atomic mass is 9.84. The molecule has 2 heteroatoms. The highest BCUT2D eigenvalue weighted by Gasteiger charge is 2.22. The zero-order chi connectivity index (χ0) is 14.0. The predicted molar refractivity (Wildman–Crippen MR) is 77.1 cm³/mol. The molecule has 0 spiro atoms. The van der Waals surface area contributed by atoms with Gasteiger partial charge in [0.2, 0.25) is 0 Å². The second-order valence-electron chi connectivity index (χ2n) is 5.66. The number of rotatable bonds is 2. The van der Waals surface area contributed by atoms with Gasteiger partial charge in [-0.15, -0.1) is 0 Å². The van der Waals surface area contributed by atoms with E-state index >= 15 is 0 Å². The molecule has 2 aromatic rings. The van der Waals surface area contributed by atoms with Crippen LogP contribution in [0.3, 0.4) is 0 Å². The standard InChI is InChI=1S/C17H19FO/c1-17(2,3)14-10-13(11-15(19-4)16(14)18)12-8-6-5-7-9-12/h5-11H,1-4H3. The van der Waals surface area contributed by atoms with Crippen molar-refractivity contribution in [3.63, 3.8) is 0 Å². The van der Waals surface area contributed by atoms with Crippen molar-refractivity contribution in [2.45, 2.75) is 26.2 Å². The molecule has 100 valence electrons. The van der Waals surface area contributed by atoms with E-state index in [2.05, 4.69) is 0 Å². The molecule has 0 aliphatic rings. The molecule has 0 bridgehead atoms. The summed E-state index contributed by atoms with van der Waals surface area (Å²) in [5, 5.41) is 0. The molecule has 0 heterocycles. The highest BCUT2D eigenvalue weighted by molar-refractivity contribution is 5.67. The second-order valence-corrected chi connectivity index (χ2v) is 5.66. The number of methoxy groups -OCH3 is 1. The maximum atomic E-state index is 14.3. The quantitative estimate of drug-likeness (QED) is 0.752. The molecule has 19 heavy (non-hydrogen) atoms. The molecular weight excluding hydrogens is 239 g/mol. The van der Waals surface area contributed by atoms with Crippen molar-refractivity contribution < 1.29 is 9.13 Å². The summed E-state index contributed by atoms with van der Waals surface area (Å²) in [6, 6.07) is 13.6. The van der Waals surface area contributed by atoms with Crippen LogP contribution in [-0.4, -0.2) is 7.11 Å². The number of hydrogen-bond donors (Lipinski definition) is 0. The smallest absolute Gasteiger partial charge is 0.168 e. The van der Waals surface area contributed by atoms with Gasteiger partial charge in [0.15, 0.2) is 11.6 Å². The van der Waals surface area contributed by atoms with Crippen molar-refractivity contribution in [3.05, 3.63) is 53.8 Å².